The number of para-hydroxylation sites is 2. The molecule has 7 nitrogen and oxygen atoms in total. The van der Waals surface area contributed by atoms with Crippen molar-refractivity contribution in [2.24, 2.45) is 0 Å². The van der Waals surface area contributed by atoms with Gasteiger partial charge in [0.05, 0.1) is 12.3 Å². The van der Waals surface area contributed by atoms with Gasteiger partial charge in [-0.05, 0) is 55.0 Å². The Kier molecular flexibility index (Phi) is 9.18. The Morgan fingerprint density at radius 2 is 1.38 bits per heavy atom. The van der Waals surface area contributed by atoms with Crippen LogP contribution in [0.2, 0.25) is 0 Å². The van der Waals surface area contributed by atoms with Gasteiger partial charge in [-0.2, -0.15) is 0 Å². The first-order valence-electron chi connectivity index (χ1n) is 12.7. The molecule has 1 N–H and O–H groups in total. The molecule has 1 fully saturated rings. The quantitative estimate of drug-likeness (QED) is 0.189. The van der Waals surface area contributed by atoms with E-state index in [9.17, 15) is 9.59 Å². The zero-order chi connectivity index (χ0) is 25.9. The molecule has 1 heterocycles. The second-order valence-electron chi connectivity index (χ2n) is 8.59. The van der Waals surface area contributed by atoms with Gasteiger partial charge in [0, 0.05) is 5.56 Å². The molecule has 0 aliphatic carbocycles. The molecule has 0 radical (unpaired) electrons. The van der Waals surface area contributed by atoms with Gasteiger partial charge >= 0.3 is 0 Å². The number of ether oxygens (including phenoxy) is 3. The highest BCUT2D eigenvalue weighted by Crippen LogP contribution is 2.25. The van der Waals surface area contributed by atoms with Crippen LogP contribution in [-0.2, 0) is 9.59 Å². The largest absolute Gasteiger partial charge is 0.494 e. The summed E-state index contributed by atoms with van der Waals surface area (Å²) in [5.41, 5.74) is 3.89. The summed E-state index contributed by atoms with van der Waals surface area (Å²) in [6.45, 7) is 3.55. The number of nitrogens with one attached hydrogen (secondary N) is 1. The highest BCUT2D eigenvalue weighted by molar-refractivity contribution is 6.31. The van der Waals surface area contributed by atoms with Gasteiger partial charge in [-0.1, -0.05) is 62.6 Å². The Labute approximate surface area is 217 Å². The van der Waals surface area contributed by atoms with Crippen molar-refractivity contribution in [2.75, 3.05) is 24.8 Å². The number of hydrogen-bond donors (Lipinski definition) is 1. The summed E-state index contributed by atoms with van der Waals surface area (Å²) < 4.78 is 17.5. The van der Waals surface area contributed by atoms with E-state index in [4.69, 9.17) is 14.2 Å². The average Bonchev–Trinajstić information content (AvgIpc) is 3.21. The molecule has 3 aromatic rings. The van der Waals surface area contributed by atoms with Crippen LogP contribution in [0.5, 0.6) is 17.2 Å². The van der Waals surface area contributed by atoms with Crippen molar-refractivity contribution in [3.63, 3.8) is 0 Å². The van der Waals surface area contributed by atoms with E-state index < -0.39 is 11.8 Å². The Morgan fingerprint density at radius 1 is 0.730 bits per heavy atom. The van der Waals surface area contributed by atoms with Crippen molar-refractivity contribution >= 4 is 23.6 Å². The first-order valence-corrected chi connectivity index (χ1v) is 12.7. The lowest BCUT2D eigenvalue weighted by atomic mass is 10.1. The molecular weight excluding hydrogens is 468 g/mol. The molecule has 4 rings (SSSR count). The van der Waals surface area contributed by atoms with Crippen LogP contribution >= 0.6 is 0 Å². The zero-order valence-electron chi connectivity index (χ0n) is 21.0. The van der Waals surface area contributed by atoms with Gasteiger partial charge in [0.25, 0.3) is 11.8 Å². The van der Waals surface area contributed by atoms with Gasteiger partial charge in [-0.25, -0.2) is 5.01 Å². The first kappa shape index (κ1) is 25.8. The molecule has 0 bridgehead atoms. The number of benzene rings is 3. The minimum Gasteiger partial charge on any atom is -0.494 e. The zero-order valence-corrected chi connectivity index (χ0v) is 21.0. The number of rotatable bonds is 13. The predicted molar refractivity (Wildman–Crippen MR) is 144 cm³/mol. The maximum absolute atomic E-state index is 12.9. The second kappa shape index (κ2) is 13.2. The molecule has 0 unspecified atom stereocenters. The lowest BCUT2D eigenvalue weighted by Gasteiger charge is -2.14. The Balaban J connectivity index is 1.29. The normalized spacial score (nSPS) is 14.1. The van der Waals surface area contributed by atoms with Gasteiger partial charge in [0.1, 0.15) is 36.0 Å². The van der Waals surface area contributed by atoms with Crippen LogP contribution in [-0.4, -0.2) is 31.6 Å². The summed E-state index contributed by atoms with van der Waals surface area (Å²) in [5, 5.41) is 1.24. The van der Waals surface area contributed by atoms with Crippen LogP contribution in [0.1, 0.15) is 38.2 Å². The van der Waals surface area contributed by atoms with Crippen LogP contribution < -0.4 is 24.6 Å². The van der Waals surface area contributed by atoms with E-state index in [1.807, 2.05) is 42.5 Å². The molecule has 1 aliphatic heterocycles. The van der Waals surface area contributed by atoms with E-state index in [1.165, 1.54) is 24.3 Å². The molecule has 1 saturated heterocycles. The summed E-state index contributed by atoms with van der Waals surface area (Å²) in [7, 11) is 0. The topological polar surface area (TPSA) is 77.1 Å². The molecule has 192 valence electrons. The number of hydrazine groups is 1. The number of nitrogens with zero attached hydrogens (tertiary/aromatic N) is 1. The number of carbonyl (C=O) groups is 2. The Morgan fingerprint density at radius 3 is 2.11 bits per heavy atom. The van der Waals surface area contributed by atoms with Crippen LogP contribution in [0.15, 0.2) is 84.4 Å². The molecule has 0 atom stereocenters. The average molecular weight is 501 g/mol. The van der Waals surface area contributed by atoms with E-state index in [-0.39, 0.29) is 5.57 Å². The van der Waals surface area contributed by atoms with Crippen molar-refractivity contribution in [1.82, 2.24) is 5.43 Å². The smallest absolute Gasteiger partial charge is 0.282 e. The molecular formula is C30H32N2O5. The number of unbranched alkanes of at least 4 members (excludes halogenated alkanes) is 3. The summed E-state index contributed by atoms with van der Waals surface area (Å²) >= 11 is 0. The van der Waals surface area contributed by atoms with Crippen LogP contribution in [0.4, 0.5) is 5.69 Å². The minimum atomic E-state index is -0.458. The molecule has 0 aromatic heterocycles. The standard InChI is InChI=1S/C30H32N2O5/c1-2-3-4-10-19-35-25-15-17-26(18-16-25)36-20-21-37-28-14-9-8-11-23(28)22-27-29(33)31-32(30(27)34)24-12-6-5-7-13-24/h5-9,11-18,22H,2-4,10,19-21H2,1H3,(H,31,33)/b27-22-. The molecule has 0 saturated carbocycles. The monoisotopic (exact) mass is 500 g/mol. The SMILES string of the molecule is CCCCCCOc1ccc(OCCOc2ccccc2/C=C2/C(=O)NN(c3ccccc3)C2=O)cc1. The van der Waals surface area contributed by atoms with Gasteiger partial charge in [0.15, 0.2) is 0 Å². The van der Waals surface area contributed by atoms with Gasteiger partial charge in [0.2, 0.25) is 0 Å². The van der Waals surface area contributed by atoms with Crippen molar-refractivity contribution in [3.05, 3.63) is 90.0 Å². The number of hydrogen-bond acceptors (Lipinski definition) is 5. The minimum absolute atomic E-state index is 0.0452. The van der Waals surface area contributed by atoms with Gasteiger partial charge in [-0.15, -0.1) is 0 Å². The van der Waals surface area contributed by atoms with Gasteiger partial charge < -0.3 is 14.2 Å². The highest BCUT2D eigenvalue weighted by Gasteiger charge is 2.34. The lowest BCUT2D eigenvalue weighted by Crippen LogP contribution is -2.35. The third kappa shape index (κ3) is 7.13. The molecule has 0 spiro atoms. The highest BCUT2D eigenvalue weighted by atomic mass is 16.5. The van der Waals surface area contributed by atoms with Crippen LogP contribution in [0.3, 0.4) is 0 Å². The molecule has 7 heteroatoms. The molecule has 37 heavy (non-hydrogen) atoms. The van der Waals surface area contributed by atoms with Crippen molar-refractivity contribution < 1.29 is 23.8 Å². The summed E-state index contributed by atoms with van der Waals surface area (Å²) in [6, 6.07) is 23.8. The van der Waals surface area contributed by atoms with Crippen LogP contribution in [0, 0.1) is 0 Å². The van der Waals surface area contributed by atoms with Crippen molar-refractivity contribution in [1.29, 1.82) is 0 Å². The van der Waals surface area contributed by atoms with E-state index in [2.05, 4.69) is 12.3 Å². The van der Waals surface area contributed by atoms with E-state index >= 15 is 0 Å². The fourth-order valence-corrected chi connectivity index (χ4v) is 3.87. The maximum atomic E-state index is 12.9. The Hall–Kier alpha value is -4.26. The van der Waals surface area contributed by atoms with Crippen molar-refractivity contribution in [2.45, 2.75) is 32.6 Å². The summed E-state index contributed by atoms with van der Waals surface area (Å²) in [4.78, 5) is 25.4. The summed E-state index contributed by atoms with van der Waals surface area (Å²) in [5.74, 6) is 1.25. The number of carbonyl (C=O) groups excluding carboxylic acids is 2. The third-order valence-electron chi connectivity index (χ3n) is 5.82. The molecule has 1 aliphatic rings. The summed E-state index contributed by atoms with van der Waals surface area (Å²) in [6.07, 6.45) is 6.25. The Bertz CT molecular complexity index is 1210. The van der Waals surface area contributed by atoms with E-state index in [0.29, 0.717) is 30.2 Å². The maximum Gasteiger partial charge on any atom is 0.282 e. The lowest BCUT2D eigenvalue weighted by molar-refractivity contribution is -0.117. The van der Waals surface area contributed by atoms with E-state index in [0.717, 1.165) is 24.5 Å². The number of amides is 2. The third-order valence-corrected chi connectivity index (χ3v) is 5.82. The fraction of sp³-hybridized carbons (Fsp3) is 0.267. The molecule has 3 aromatic carbocycles. The van der Waals surface area contributed by atoms with Gasteiger partial charge in [-0.3, -0.25) is 15.0 Å². The predicted octanol–water partition coefficient (Wildman–Crippen LogP) is 5.56. The molecule has 2 amide bonds. The van der Waals surface area contributed by atoms with E-state index in [1.54, 1.807) is 42.5 Å². The van der Waals surface area contributed by atoms with Crippen molar-refractivity contribution in [3.8, 4) is 17.2 Å². The fourth-order valence-electron chi connectivity index (χ4n) is 3.87. The first-order chi connectivity index (χ1) is 18.2. The number of anilines is 1. The second-order valence-corrected chi connectivity index (χ2v) is 8.59. The van der Waals surface area contributed by atoms with Crippen LogP contribution in [0.25, 0.3) is 6.08 Å².